The van der Waals surface area contributed by atoms with Crippen molar-refractivity contribution in [3.63, 3.8) is 0 Å². The molecule has 0 bridgehead atoms. The third-order valence-corrected chi connectivity index (χ3v) is 9.00. The highest BCUT2D eigenvalue weighted by molar-refractivity contribution is 5.84. The van der Waals surface area contributed by atoms with Gasteiger partial charge in [-0.3, -0.25) is 9.59 Å². The normalized spacial score (nSPS) is 24.9. The van der Waals surface area contributed by atoms with Gasteiger partial charge >= 0.3 is 0 Å². The lowest BCUT2D eigenvalue weighted by Crippen LogP contribution is -2.50. The lowest BCUT2D eigenvalue weighted by atomic mass is 9.87. The Hall–Kier alpha value is -1.06. The van der Waals surface area contributed by atoms with Crippen molar-refractivity contribution in [2.45, 2.75) is 165 Å². The minimum Gasteiger partial charge on any atom is -0.337 e. The first-order valence-corrected chi connectivity index (χ1v) is 14.4. The van der Waals surface area contributed by atoms with Gasteiger partial charge in [0.25, 0.3) is 0 Å². The van der Waals surface area contributed by atoms with Crippen LogP contribution in [0.15, 0.2) is 0 Å². The van der Waals surface area contributed by atoms with Crippen LogP contribution in [0.1, 0.15) is 141 Å². The average Bonchev–Trinajstić information content (AvgIpc) is 2.86. The van der Waals surface area contributed by atoms with Gasteiger partial charge in [-0.15, -0.1) is 0 Å². The summed E-state index contributed by atoms with van der Waals surface area (Å²) in [6.45, 7) is 0. The van der Waals surface area contributed by atoms with Gasteiger partial charge < -0.3 is 9.80 Å². The number of carbonyl (C=O) groups is 2. The molecule has 0 aliphatic heterocycles. The Balaban J connectivity index is 1.39. The van der Waals surface area contributed by atoms with Gasteiger partial charge in [0.2, 0.25) is 11.8 Å². The number of hydrogen-bond donors (Lipinski definition) is 0. The molecule has 4 saturated carbocycles. The van der Waals surface area contributed by atoms with E-state index < -0.39 is 0 Å². The Labute approximate surface area is 196 Å². The highest BCUT2D eigenvalue weighted by Gasteiger charge is 2.35. The van der Waals surface area contributed by atoms with Gasteiger partial charge in [0.05, 0.1) is 0 Å². The molecule has 0 aromatic rings. The summed E-state index contributed by atoms with van der Waals surface area (Å²) < 4.78 is 0. The molecule has 4 nitrogen and oxygen atoms in total. The molecule has 0 N–H and O–H groups in total. The molecule has 4 rings (SSSR count). The standard InChI is InChI=1S/C28H48N2O2/c31-27(29(23-13-5-1-6-14-23)24-15-7-2-8-16-24)21-22-28(32)30(25-17-9-3-10-18-25)26-19-11-4-12-20-26/h23-26H,1-22H2. The molecule has 0 atom stereocenters. The summed E-state index contributed by atoms with van der Waals surface area (Å²) in [7, 11) is 0. The first-order chi connectivity index (χ1) is 15.7. The van der Waals surface area contributed by atoms with Crippen LogP contribution in [-0.2, 0) is 9.59 Å². The van der Waals surface area contributed by atoms with Crippen molar-refractivity contribution >= 4 is 11.8 Å². The fourth-order valence-corrected chi connectivity index (χ4v) is 7.32. The second-order valence-corrected chi connectivity index (χ2v) is 11.3. The molecule has 32 heavy (non-hydrogen) atoms. The molecule has 0 radical (unpaired) electrons. The van der Waals surface area contributed by atoms with Crippen LogP contribution in [0.4, 0.5) is 0 Å². The summed E-state index contributed by atoms with van der Waals surface area (Å²) in [6.07, 6.45) is 25.6. The summed E-state index contributed by atoms with van der Waals surface area (Å²) >= 11 is 0. The van der Waals surface area contributed by atoms with E-state index in [1.165, 1.54) is 128 Å². The van der Waals surface area contributed by atoms with Crippen LogP contribution < -0.4 is 0 Å². The summed E-state index contributed by atoms with van der Waals surface area (Å²) in [4.78, 5) is 31.8. The quantitative estimate of drug-likeness (QED) is 0.435. The maximum atomic E-state index is 13.6. The molecular weight excluding hydrogens is 396 g/mol. The summed E-state index contributed by atoms with van der Waals surface area (Å²) in [5.74, 6) is 0.564. The first kappa shape index (κ1) is 24.1. The van der Waals surface area contributed by atoms with Crippen LogP contribution in [0.5, 0.6) is 0 Å². The fraction of sp³-hybridized carbons (Fsp3) is 0.929. The molecule has 4 fully saturated rings. The number of amides is 2. The van der Waals surface area contributed by atoms with E-state index in [1.54, 1.807) is 0 Å². The molecule has 0 heterocycles. The predicted octanol–water partition coefficient (Wildman–Crippen LogP) is 6.75. The van der Waals surface area contributed by atoms with Gasteiger partial charge in [-0.1, -0.05) is 77.0 Å². The molecule has 0 spiro atoms. The monoisotopic (exact) mass is 444 g/mol. The van der Waals surface area contributed by atoms with Gasteiger partial charge in [-0.25, -0.2) is 0 Å². The maximum absolute atomic E-state index is 13.6. The van der Waals surface area contributed by atoms with Crippen molar-refractivity contribution < 1.29 is 9.59 Å². The Morgan fingerprint density at radius 2 is 0.625 bits per heavy atom. The second-order valence-electron chi connectivity index (χ2n) is 11.3. The van der Waals surface area contributed by atoms with Gasteiger partial charge in [-0.05, 0) is 51.4 Å². The first-order valence-electron chi connectivity index (χ1n) is 14.4. The lowest BCUT2D eigenvalue weighted by Gasteiger charge is -2.43. The molecule has 182 valence electrons. The number of hydrogen-bond acceptors (Lipinski definition) is 2. The molecule has 0 aromatic heterocycles. The van der Waals surface area contributed by atoms with E-state index in [0.717, 1.165) is 0 Å². The van der Waals surface area contributed by atoms with E-state index in [0.29, 0.717) is 37.0 Å². The number of nitrogens with zero attached hydrogens (tertiary/aromatic N) is 2. The zero-order valence-corrected chi connectivity index (χ0v) is 20.6. The Kier molecular flexibility index (Phi) is 9.34. The fourth-order valence-electron chi connectivity index (χ4n) is 7.32. The van der Waals surface area contributed by atoms with E-state index in [1.807, 2.05) is 0 Å². The van der Waals surface area contributed by atoms with Crippen molar-refractivity contribution in [1.82, 2.24) is 9.80 Å². The van der Waals surface area contributed by atoms with Crippen LogP contribution in [0.25, 0.3) is 0 Å². The molecule has 2 amide bonds. The molecular formula is C28H48N2O2. The van der Waals surface area contributed by atoms with E-state index in [2.05, 4.69) is 9.80 Å². The zero-order valence-electron chi connectivity index (χ0n) is 20.6. The van der Waals surface area contributed by atoms with E-state index >= 15 is 0 Å². The van der Waals surface area contributed by atoms with Crippen LogP contribution in [0, 0.1) is 0 Å². The van der Waals surface area contributed by atoms with Crippen molar-refractivity contribution in [3.8, 4) is 0 Å². The highest BCUT2D eigenvalue weighted by Crippen LogP contribution is 2.33. The van der Waals surface area contributed by atoms with Crippen LogP contribution in [0.3, 0.4) is 0 Å². The van der Waals surface area contributed by atoms with E-state index in [4.69, 9.17) is 0 Å². The van der Waals surface area contributed by atoms with Crippen LogP contribution in [-0.4, -0.2) is 45.8 Å². The van der Waals surface area contributed by atoms with Gasteiger partial charge in [-0.2, -0.15) is 0 Å². The van der Waals surface area contributed by atoms with Crippen LogP contribution in [0.2, 0.25) is 0 Å². The van der Waals surface area contributed by atoms with Crippen molar-refractivity contribution in [2.24, 2.45) is 0 Å². The molecule has 4 aliphatic rings. The van der Waals surface area contributed by atoms with Crippen LogP contribution >= 0.6 is 0 Å². The Bertz CT molecular complexity index is 494. The molecule has 4 heteroatoms. The number of rotatable bonds is 7. The maximum Gasteiger partial charge on any atom is 0.223 e. The Morgan fingerprint density at radius 3 is 0.844 bits per heavy atom. The topological polar surface area (TPSA) is 40.6 Å². The molecule has 0 saturated heterocycles. The zero-order chi connectivity index (χ0) is 22.2. The minimum atomic E-state index is 0.282. The van der Waals surface area contributed by atoms with E-state index in [9.17, 15) is 9.59 Å². The molecule has 0 aromatic carbocycles. The number of carbonyl (C=O) groups excluding carboxylic acids is 2. The van der Waals surface area contributed by atoms with Crippen molar-refractivity contribution in [2.75, 3.05) is 0 Å². The largest absolute Gasteiger partial charge is 0.337 e. The smallest absolute Gasteiger partial charge is 0.223 e. The molecule has 4 aliphatic carbocycles. The Morgan fingerprint density at radius 1 is 0.406 bits per heavy atom. The summed E-state index contributed by atoms with van der Waals surface area (Å²) in [6, 6.07) is 1.73. The van der Waals surface area contributed by atoms with Crippen molar-refractivity contribution in [1.29, 1.82) is 0 Å². The average molecular weight is 445 g/mol. The lowest BCUT2D eigenvalue weighted by molar-refractivity contribution is -0.144. The second kappa shape index (κ2) is 12.4. The van der Waals surface area contributed by atoms with Gasteiger partial charge in [0, 0.05) is 37.0 Å². The third kappa shape index (κ3) is 6.29. The van der Waals surface area contributed by atoms with Crippen molar-refractivity contribution in [3.05, 3.63) is 0 Å². The highest BCUT2D eigenvalue weighted by atomic mass is 16.2. The molecule has 0 unspecified atom stereocenters. The third-order valence-electron chi connectivity index (χ3n) is 9.00. The minimum absolute atomic E-state index is 0.282. The SMILES string of the molecule is O=C(CCC(=O)N(C1CCCCC1)C1CCCCC1)N(C1CCCCC1)C1CCCCC1. The van der Waals surface area contributed by atoms with E-state index in [-0.39, 0.29) is 11.8 Å². The summed E-state index contributed by atoms with van der Waals surface area (Å²) in [5, 5.41) is 0. The van der Waals surface area contributed by atoms with Gasteiger partial charge in [0.1, 0.15) is 0 Å². The predicted molar refractivity (Wildman–Crippen MR) is 130 cm³/mol. The summed E-state index contributed by atoms with van der Waals surface area (Å²) in [5.41, 5.74) is 0. The van der Waals surface area contributed by atoms with Gasteiger partial charge in [0.15, 0.2) is 0 Å².